The summed E-state index contributed by atoms with van der Waals surface area (Å²) in [6.07, 6.45) is -0.166. The molecular weight excluding hydrogens is 276 g/mol. The Hall–Kier alpha value is -2.20. The molecule has 3 rings (SSSR count). The fraction of sp³-hybridized carbons (Fsp3) is 0.133. The molecule has 1 amide bonds. The molecule has 2 aromatic rings. The van der Waals surface area contributed by atoms with Crippen LogP contribution in [0.25, 0.3) is 0 Å². The van der Waals surface area contributed by atoms with Crippen molar-refractivity contribution in [2.45, 2.75) is 12.5 Å². The number of rotatable bonds is 2. The summed E-state index contributed by atoms with van der Waals surface area (Å²) < 4.78 is 5.73. The molecule has 0 spiro atoms. The molecule has 0 saturated heterocycles. The van der Waals surface area contributed by atoms with Gasteiger partial charge in [0.25, 0.3) is 5.91 Å². The van der Waals surface area contributed by atoms with Gasteiger partial charge in [-0.3, -0.25) is 4.79 Å². The second kappa shape index (κ2) is 5.06. The number of carbonyl (C=O) groups excluding carboxylic acids is 1. The van der Waals surface area contributed by atoms with Gasteiger partial charge < -0.3 is 15.8 Å². The van der Waals surface area contributed by atoms with E-state index < -0.39 is 6.10 Å². The number of anilines is 2. The predicted molar refractivity (Wildman–Crippen MR) is 79.1 cm³/mol. The van der Waals surface area contributed by atoms with Crippen molar-refractivity contribution in [3.8, 4) is 5.75 Å². The first-order chi connectivity index (χ1) is 9.63. The van der Waals surface area contributed by atoms with E-state index in [9.17, 15) is 4.79 Å². The molecule has 0 fully saturated rings. The van der Waals surface area contributed by atoms with Gasteiger partial charge in [-0.25, -0.2) is 0 Å². The number of amides is 1. The van der Waals surface area contributed by atoms with E-state index in [1.54, 1.807) is 24.3 Å². The average molecular weight is 289 g/mol. The topological polar surface area (TPSA) is 64.3 Å². The van der Waals surface area contributed by atoms with Crippen LogP contribution in [-0.2, 0) is 11.2 Å². The summed E-state index contributed by atoms with van der Waals surface area (Å²) >= 11 is 6.11. The van der Waals surface area contributed by atoms with Gasteiger partial charge in [-0.05, 0) is 29.8 Å². The first-order valence-electron chi connectivity index (χ1n) is 6.24. The molecule has 0 aliphatic carbocycles. The molecule has 4 nitrogen and oxygen atoms in total. The highest BCUT2D eigenvalue weighted by molar-refractivity contribution is 6.31. The second-order valence-corrected chi connectivity index (χ2v) is 5.05. The van der Waals surface area contributed by atoms with Crippen LogP contribution in [0.1, 0.15) is 5.56 Å². The summed E-state index contributed by atoms with van der Waals surface area (Å²) in [7, 11) is 0. The fourth-order valence-electron chi connectivity index (χ4n) is 2.17. The molecule has 0 bridgehead atoms. The van der Waals surface area contributed by atoms with Crippen molar-refractivity contribution in [3.63, 3.8) is 0 Å². The quantitative estimate of drug-likeness (QED) is 0.835. The van der Waals surface area contributed by atoms with Gasteiger partial charge in [0.1, 0.15) is 5.75 Å². The molecule has 5 heteroatoms. The van der Waals surface area contributed by atoms with Crippen LogP contribution in [0.15, 0.2) is 42.5 Å². The number of carbonyl (C=O) groups is 1. The Morgan fingerprint density at radius 3 is 2.85 bits per heavy atom. The van der Waals surface area contributed by atoms with Gasteiger partial charge in [0, 0.05) is 17.1 Å². The van der Waals surface area contributed by atoms with E-state index in [0.717, 1.165) is 5.56 Å². The van der Waals surface area contributed by atoms with E-state index in [2.05, 4.69) is 5.32 Å². The zero-order valence-corrected chi connectivity index (χ0v) is 11.4. The molecule has 1 unspecified atom stereocenters. The number of halogens is 1. The van der Waals surface area contributed by atoms with Crippen molar-refractivity contribution in [3.05, 3.63) is 53.1 Å². The molecule has 1 aliphatic rings. The predicted octanol–water partition coefficient (Wildman–Crippen LogP) is 2.86. The SMILES string of the molecule is Nc1ccc2c(c1)NC(=O)C(Cc1ccccc1Cl)O2. The summed E-state index contributed by atoms with van der Waals surface area (Å²) in [4.78, 5) is 12.1. The highest BCUT2D eigenvalue weighted by atomic mass is 35.5. The minimum absolute atomic E-state index is 0.192. The lowest BCUT2D eigenvalue weighted by atomic mass is 10.1. The van der Waals surface area contributed by atoms with Crippen molar-refractivity contribution in [2.75, 3.05) is 11.1 Å². The first-order valence-corrected chi connectivity index (χ1v) is 6.62. The van der Waals surface area contributed by atoms with E-state index in [0.29, 0.717) is 28.6 Å². The Morgan fingerprint density at radius 2 is 2.05 bits per heavy atom. The smallest absolute Gasteiger partial charge is 0.265 e. The minimum atomic E-state index is -0.592. The Morgan fingerprint density at radius 1 is 1.25 bits per heavy atom. The molecule has 1 heterocycles. The molecule has 2 aromatic carbocycles. The third-order valence-electron chi connectivity index (χ3n) is 3.19. The largest absolute Gasteiger partial charge is 0.478 e. The van der Waals surface area contributed by atoms with Crippen molar-refractivity contribution < 1.29 is 9.53 Å². The summed E-state index contributed by atoms with van der Waals surface area (Å²) in [6.45, 7) is 0. The summed E-state index contributed by atoms with van der Waals surface area (Å²) in [5, 5.41) is 3.43. The number of hydrogen-bond acceptors (Lipinski definition) is 3. The van der Waals surface area contributed by atoms with Gasteiger partial charge in [-0.1, -0.05) is 29.8 Å². The Kier molecular flexibility index (Phi) is 3.24. The summed E-state index contributed by atoms with van der Waals surface area (Å²) in [5.74, 6) is 0.430. The highest BCUT2D eigenvalue weighted by Crippen LogP contribution is 2.32. The van der Waals surface area contributed by atoms with Gasteiger partial charge in [-0.15, -0.1) is 0 Å². The Labute approximate surface area is 121 Å². The molecule has 20 heavy (non-hydrogen) atoms. The Bertz CT molecular complexity index is 673. The molecular formula is C15H13ClN2O2. The van der Waals surface area contributed by atoms with Gasteiger partial charge in [0.05, 0.1) is 5.69 Å². The number of nitrogens with two attached hydrogens (primary N) is 1. The molecule has 1 aliphatic heterocycles. The number of benzene rings is 2. The maximum Gasteiger partial charge on any atom is 0.265 e. The zero-order chi connectivity index (χ0) is 14.1. The first kappa shape index (κ1) is 12.8. The maximum atomic E-state index is 12.1. The van der Waals surface area contributed by atoms with Crippen LogP contribution in [0.3, 0.4) is 0 Å². The highest BCUT2D eigenvalue weighted by Gasteiger charge is 2.28. The minimum Gasteiger partial charge on any atom is -0.478 e. The summed E-state index contributed by atoms with van der Waals surface area (Å²) in [6, 6.07) is 12.6. The standard InChI is InChI=1S/C15H13ClN2O2/c16-11-4-2-1-3-9(11)7-14-15(19)18-12-8-10(17)5-6-13(12)20-14/h1-6,8,14H,7,17H2,(H,18,19). The lowest BCUT2D eigenvalue weighted by Gasteiger charge is -2.26. The lowest BCUT2D eigenvalue weighted by Crippen LogP contribution is -2.38. The van der Waals surface area contributed by atoms with Crippen LogP contribution in [0, 0.1) is 0 Å². The maximum absolute atomic E-state index is 12.1. The molecule has 3 N–H and O–H groups in total. The monoisotopic (exact) mass is 288 g/mol. The van der Waals surface area contributed by atoms with E-state index >= 15 is 0 Å². The molecule has 102 valence electrons. The van der Waals surface area contributed by atoms with Crippen molar-refractivity contribution in [1.82, 2.24) is 0 Å². The number of nitrogens with one attached hydrogen (secondary N) is 1. The normalized spacial score (nSPS) is 17.1. The zero-order valence-electron chi connectivity index (χ0n) is 10.6. The number of hydrogen-bond donors (Lipinski definition) is 2. The van der Waals surface area contributed by atoms with E-state index in [1.807, 2.05) is 18.2 Å². The number of nitrogen functional groups attached to an aromatic ring is 1. The molecule has 0 aromatic heterocycles. The van der Waals surface area contributed by atoms with E-state index in [1.165, 1.54) is 0 Å². The van der Waals surface area contributed by atoms with Crippen LogP contribution in [0.5, 0.6) is 5.75 Å². The number of ether oxygens (including phenoxy) is 1. The van der Waals surface area contributed by atoms with E-state index in [4.69, 9.17) is 22.1 Å². The fourth-order valence-corrected chi connectivity index (χ4v) is 2.38. The third-order valence-corrected chi connectivity index (χ3v) is 3.56. The van der Waals surface area contributed by atoms with Gasteiger partial charge in [-0.2, -0.15) is 0 Å². The summed E-state index contributed by atoms with van der Waals surface area (Å²) in [5.41, 5.74) is 7.75. The molecule has 0 saturated carbocycles. The van der Waals surface area contributed by atoms with Crippen LogP contribution in [0.4, 0.5) is 11.4 Å². The van der Waals surface area contributed by atoms with Crippen LogP contribution < -0.4 is 15.8 Å². The second-order valence-electron chi connectivity index (χ2n) is 4.65. The van der Waals surface area contributed by atoms with Gasteiger partial charge in [0.2, 0.25) is 0 Å². The average Bonchev–Trinajstić information content (AvgIpc) is 2.42. The van der Waals surface area contributed by atoms with Gasteiger partial charge in [0.15, 0.2) is 6.10 Å². The van der Waals surface area contributed by atoms with Crippen LogP contribution in [0.2, 0.25) is 5.02 Å². The van der Waals surface area contributed by atoms with Crippen molar-refractivity contribution >= 4 is 28.9 Å². The van der Waals surface area contributed by atoms with Gasteiger partial charge >= 0.3 is 0 Å². The third kappa shape index (κ3) is 2.42. The number of fused-ring (bicyclic) bond motifs is 1. The van der Waals surface area contributed by atoms with Crippen molar-refractivity contribution in [2.24, 2.45) is 0 Å². The van der Waals surface area contributed by atoms with E-state index in [-0.39, 0.29) is 5.91 Å². The Balaban J connectivity index is 1.84. The lowest BCUT2D eigenvalue weighted by molar-refractivity contribution is -0.123. The molecule has 0 radical (unpaired) electrons. The van der Waals surface area contributed by atoms with Crippen LogP contribution >= 0.6 is 11.6 Å². The van der Waals surface area contributed by atoms with Crippen LogP contribution in [-0.4, -0.2) is 12.0 Å². The molecule has 1 atom stereocenters. The van der Waals surface area contributed by atoms with Crippen molar-refractivity contribution in [1.29, 1.82) is 0 Å².